The quantitative estimate of drug-likeness (QED) is 0.0284. The fraction of sp³-hybridized carbons (Fsp3) is 0.837. The number of nitrogens with one attached hydrogen (secondary N) is 1. The van der Waals surface area contributed by atoms with Gasteiger partial charge in [0.2, 0.25) is 5.91 Å². The molecule has 7 nitrogen and oxygen atoms in total. The van der Waals surface area contributed by atoms with Crippen molar-refractivity contribution in [2.24, 2.45) is 0 Å². The molecule has 0 rings (SSSR count). The number of allylic oxidation sites excluding steroid dienone is 5. The minimum Gasteiger partial charge on any atom is -0.387 e. The van der Waals surface area contributed by atoms with Gasteiger partial charge in [0, 0.05) is 0 Å². The minimum atomic E-state index is -4.45. The lowest BCUT2D eigenvalue weighted by molar-refractivity contribution is -0.130. The highest BCUT2D eigenvalue weighted by atomic mass is 32.2. The molecule has 0 aliphatic rings. The first-order valence-electron chi connectivity index (χ1n) is 21.3. The first kappa shape index (κ1) is 49.5. The number of aliphatic hydroxyl groups is 2. The Labute approximate surface area is 315 Å². The zero-order valence-electron chi connectivity index (χ0n) is 33.1. The molecule has 3 atom stereocenters. The normalized spacial score (nSPS) is 14.2. The van der Waals surface area contributed by atoms with Gasteiger partial charge in [-0.2, -0.15) is 8.42 Å². The van der Waals surface area contributed by atoms with Crippen LogP contribution in [-0.4, -0.2) is 53.1 Å². The maximum Gasteiger partial charge on any atom is 0.267 e. The molecular weight excluding hydrogens is 659 g/mol. The summed E-state index contributed by atoms with van der Waals surface area (Å²) in [7, 11) is -4.45. The van der Waals surface area contributed by atoms with E-state index in [0.717, 1.165) is 44.9 Å². The van der Waals surface area contributed by atoms with Crippen LogP contribution in [0.2, 0.25) is 0 Å². The Morgan fingerprint density at radius 2 is 0.882 bits per heavy atom. The lowest BCUT2D eigenvalue weighted by atomic mass is 10.0. The van der Waals surface area contributed by atoms with Gasteiger partial charge in [0.15, 0.2) is 0 Å². The predicted octanol–water partition coefficient (Wildman–Crippen LogP) is 11.5. The van der Waals surface area contributed by atoms with Crippen LogP contribution in [0.4, 0.5) is 0 Å². The van der Waals surface area contributed by atoms with E-state index in [9.17, 15) is 28.0 Å². The maximum absolute atomic E-state index is 12.6. The van der Waals surface area contributed by atoms with E-state index in [2.05, 4.69) is 43.5 Å². The largest absolute Gasteiger partial charge is 0.387 e. The average Bonchev–Trinajstić information content (AvgIpc) is 3.09. The van der Waals surface area contributed by atoms with Crippen molar-refractivity contribution in [1.82, 2.24) is 5.32 Å². The summed E-state index contributed by atoms with van der Waals surface area (Å²) in [6, 6.07) is -1.25. The molecule has 0 aliphatic heterocycles. The van der Waals surface area contributed by atoms with Gasteiger partial charge in [-0.05, 0) is 44.9 Å². The van der Waals surface area contributed by atoms with E-state index in [-0.39, 0.29) is 6.42 Å². The van der Waals surface area contributed by atoms with Crippen LogP contribution in [0.25, 0.3) is 0 Å². The van der Waals surface area contributed by atoms with Gasteiger partial charge in [-0.1, -0.05) is 198 Å². The molecule has 4 N–H and O–H groups in total. The van der Waals surface area contributed by atoms with Crippen molar-refractivity contribution in [2.45, 2.75) is 225 Å². The van der Waals surface area contributed by atoms with E-state index in [4.69, 9.17) is 0 Å². The molecule has 51 heavy (non-hydrogen) atoms. The van der Waals surface area contributed by atoms with Gasteiger partial charge in [0.25, 0.3) is 10.1 Å². The molecule has 8 heteroatoms. The van der Waals surface area contributed by atoms with E-state index in [0.29, 0.717) is 12.8 Å². The number of carbonyl (C=O) groups excluding carboxylic acids is 1. The number of hydrogen-bond acceptors (Lipinski definition) is 5. The molecule has 1 amide bonds. The Balaban J connectivity index is 4.09. The highest BCUT2D eigenvalue weighted by molar-refractivity contribution is 7.85. The number of amides is 1. The summed E-state index contributed by atoms with van der Waals surface area (Å²) in [5, 5.41) is 23.4. The Kier molecular flexibility index (Phi) is 35.8. The third-order valence-electron chi connectivity index (χ3n) is 9.65. The van der Waals surface area contributed by atoms with Crippen LogP contribution in [-0.2, 0) is 14.9 Å². The van der Waals surface area contributed by atoms with Crippen LogP contribution in [0.1, 0.15) is 206 Å². The second-order valence-corrected chi connectivity index (χ2v) is 16.2. The number of unbranched alkanes of at least 4 members (excludes halogenated alkanes) is 25. The lowest BCUT2D eigenvalue weighted by Gasteiger charge is -2.22. The summed E-state index contributed by atoms with van der Waals surface area (Å²) in [5.41, 5.74) is 0. The fourth-order valence-corrected chi connectivity index (χ4v) is 7.10. The Bertz CT molecular complexity index is 964. The van der Waals surface area contributed by atoms with Crippen LogP contribution in [0, 0.1) is 0 Å². The molecule has 0 radical (unpaired) electrons. The first-order chi connectivity index (χ1) is 24.7. The van der Waals surface area contributed by atoms with Crippen molar-refractivity contribution in [3.8, 4) is 0 Å². The second kappa shape index (κ2) is 36.9. The summed E-state index contributed by atoms with van der Waals surface area (Å²) in [4.78, 5) is 12.6. The number of aliphatic hydroxyl groups excluding tert-OH is 2. The molecule has 0 aliphatic carbocycles. The Morgan fingerprint density at radius 1 is 0.529 bits per heavy atom. The second-order valence-electron chi connectivity index (χ2n) is 14.8. The van der Waals surface area contributed by atoms with Gasteiger partial charge in [0.05, 0.1) is 17.9 Å². The fourth-order valence-electron chi connectivity index (χ4n) is 6.37. The van der Waals surface area contributed by atoms with E-state index in [1.807, 2.05) is 0 Å². The topological polar surface area (TPSA) is 124 Å². The predicted molar refractivity (Wildman–Crippen MR) is 218 cm³/mol. The lowest BCUT2D eigenvalue weighted by Crippen LogP contribution is -2.50. The van der Waals surface area contributed by atoms with E-state index >= 15 is 0 Å². The van der Waals surface area contributed by atoms with Gasteiger partial charge >= 0.3 is 0 Å². The molecule has 0 spiro atoms. The number of rotatable bonds is 38. The van der Waals surface area contributed by atoms with Gasteiger partial charge in [-0.25, -0.2) is 0 Å². The van der Waals surface area contributed by atoms with Crippen molar-refractivity contribution in [1.29, 1.82) is 0 Å². The van der Waals surface area contributed by atoms with Crippen LogP contribution in [0.15, 0.2) is 36.5 Å². The average molecular weight is 740 g/mol. The highest BCUT2D eigenvalue weighted by Gasteiger charge is 2.27. The number of carbonyl (C=O) groups is 1. The van der Waals surface area contributed by atoms with Gasteiger partial charge in [-0.15, -0.1) is 0 Å². The molecule has 0 bridgehead atoms. The Morgan fingerprint density at radius 3 is 1.29 bits per heavy atom. The monoisotopic (exact) mass is 740 g/mol. The van der Waals surface area contributed by atoms with Crippen LogP contribution < -0.4 is 5.32 Å². The van der Waals surface area contributed by atoms with Crippen LogP contribution >= 0.6 is 0 Å². The maximum atomic E-state index is 12.6. The SMILES string of the molecule is CCCCCCCCCCCC/C=C/CC/C=C/CC/C=C/C(O)C(CS(=O)(=O)O)NC(=O)C(O)CCCCCCCCCCCCCCCC. The van der Waals surface area contributed by atoms with Crippen molar-refractivity contribution < 1.29 is 28.0 Å². The van der Waals surface area contributed by atoms with Crippen molar-refractivity contribution >= 4 is 16.0 Å². The zero-order chi connectivity index (χ0) is 37.7. The summed E-state index contributed by atoms with van der Waals surface area (Å²) in [6.07, 6.45) is 44.9. The molecule has 0 fully saturated rings. The van der Waals surface area contributed by atoms with Gasteiger partial charge < -0.3 is 15.5 Å². The summed E-state index contributed by atoms with van der Waals surface area (Å²) < 4.78 is 32.5. The third kappa shape index (κ3) is 36.7. The zero-order valence-corrected chi connectivity index (χ0v) is 33.9. The highest BCUT2D eigenvalue weighted by Crippen LogP contribution is 2.15. The summed E-state index contributed by atoms with van der Waals surface area (Å²) in [6.45, 7) is 4.51. The van der Waals surface area contributed by atoms with E-state index in [1.54, 1.807) is 6.08 Å². The molecule has 300 valence electrons. The summed E-state index contributed by atoms with van der Waals surface area (Å²) >= 11 is 0. The first-order valence-corrected chi connectivity index (χ1v) is 22.9. The molecule has 0 aromatic heterocycles. The standard InChI is InChI=1S/C43H81NO6S/c1-3-5-7-9-11-13-15-17-19-20-21-22-23-24-26-27-29-31-33-35-37-41(45)40(39-51(48,49)50)44-43(47)42(46)38-36-34-32-30-28-25-18-16-14-12-10-8-6-4-2/h22-23,27,29,35,37,40-42,45-46H,3-21,24-26,28,30-34,36,38-39H2,1-2H3,(H,44,47)(H,48,49,50)/b23-22+,29-27+,37-35+. The van der Waals surface area contributed by atoms with Crippen LogP contribution in [0.3, 0.4) is 0 Å². The molecule has 0 heterocycles. The molecular formula is C43H81NO6S. The molecule has 0 aromatic carbocycles. The van der Waals surface area contributed by atoms with Crippen LogP contribution in [0.5, 0.6) is 0 Å². The smallest absolute Gasteiger partial charge is 0.267 e. The third-order valence-corrected chi connectivity index (χ3v) is 10.4. The molecule has 0 aromatic rings. The summed E-state index contributed by atoms with van der Waals surface area (Å²) in [5.74, 6) is -1.56. The Hall–Kier alpha value is -1.48. The molecule has 0 saturated heterocycles. The van der Waals surface area contributed by atoms with Crippen molar-refractivity contribution in [3.63, 3.8) is 0 Å². The van der Waals surface area contributed by atoms with Gasteiger partial charge in [-0.3, -0.25) is 9.35 Å². The van der Waals surface area contributed by atoms with Gasteiger partial charge in [0.1, 0.15) is 6.10 Å². The van der Waals surface area contributed by atoms with E-state index < -0.39 is 40.0 Å². The van der Waals surface area contributed by atoms with E-state index in [1.165, 1.54) is 134 Å². The minimum absolute atomic E-state index is 0.274. The van der Waals surface area contributed by atoms with Crippen molar-refractivity contribution in [3.05, 3.63) is 36.5 Å². The molecule has 3 unspecified atom stereocenters. The number of hydrogen-bond donors (Lipinski definition) is 4. The molecule has 0 saturated carbocycles. The van der Waals surface area contributed by atoms with Crippen molar-refractivity contribution in [2.75, 3.05) is 5.75 Å².